The largest absolute Gasteiger partial charge is 0.433 e. The van der Waals surface area contributed by atoms with E-state index < -0.39 is 11.9 Å². The van der Waals surface area contributed by atoms with Crippen LogP contribution in [0.25, 0.3) is 0 Å². The minimum atomic E-state index is -4.47. The van der Waals surface area contributed by atoms with Gasteiger partial charge in [0, 0.05) is 11.1 Å². The smallest absolute Gasteiger partial charge is 0.349 e. The number of rotatable bonds is 3. The van der Waals surface area contributed by atoms with E-state index in [0.717, 1.165) is 27.8 Å². The Morgan fingerprint density at radius 3 is 2.58 bits per heavy atom. The Bertz CT molecular complexity index is 580. The fourth-order valence-corrected chi connectivity index (χ4v) is 2.34. The maximum atomic E-state index is 12.5. The van der Waals surface area contributed by atoms with E-state index in [-0.39, 0.29) is 5.95 Å². The number of thiazole rings is 1. The van der Waals surface area contributed by atoms with Gasteiger partial charge >= 0.3 is 6.18 Å². The molecule has 0 saturated heterocycles. The molecule has 2 aromatic rings. The maximum absolute atomic E-state index is 12.5. The van der Waals surface area contributed by atoms with Gasteiger partial charge in [-0.25, -0.2) is 15.0 Å². The Hall–Kier alpha value is -1.70. The molecule has 0 unspecified atom stereocenters. The van der Waals surface area contributed by atoms with Crippen LogP contribution in [0.3, 0.4) is 0 Å². The summed E-state index contributed by atoms with van der Waals surface area (Å²) in [5.74, 6) is -0.0557. The number of alkyl halides is 3. The molecule has 0 spiro atoms. The highest BCUT2D eigenvalue weighted by Gasteiger charge is 2.32. The van der Waals surface area contributed by atoms with Gasteiger partial charge in [-0.15, -0.1) is 11.3 Å². The Balaban J connectivity index is 2.10. The first-order chi connectivity index (χ1) is 8.86. The van der Waals surface area contributed by atoms with Crippen LogP contribution in [0.2, 0.25) is 0 Å². The van der Waals surface area contributed by atoms with Crippen LogP contribution >= 0.6 is 11.3 Å². The second kappa shape index (κ2) is 5.12. The highest BCUT2D eigenvalue weighted by molar-refractivity contribution is 7.11. The molecule has 102 valence electrons. The van der Waals surface area contributed by atoms with Crippen molar-refractivity contribution in [2.75, 3.05) is 5.32 Å². The third-order valence-corrected chi connectivity index (χ3v) is 3.29. The van der Waals surface area contributed by atoms with E-state index in [4.69, 9.17) is 0 Å². The lowest BCUT2D eigenvalue weighted by molar-refractivity contribution is -0.141. The van der Waals surface area contributed by atoms with Crippen LogP contribution in [-0.2, 0) is 12.7 Å². The molecule has 0 radical (unpaired) electrons. The number of nitrogens with one attached hydrogen (secondary N) is 1. The molecule has 0 bridgehead atoms. The molecule has 4 nitrogen and oxygen atoms in total. The Labute approximate surface area is 111 Å². The Kier molecular flexibility index (Phi) is 3.70. The lowest BCUT2D eigenvalue weighted by Crippen LogP contribution is -2.11. The van der Waals surface area contributed by atoms with Crippen LogP contribution in [0, 0.1) is 13.8 Å². The van der Waals surface area contributed by atoms with Gasteiger partial charge in [0.05, 0.1) is 17.2 Å². The van der Waals surface area contributed by atoms with Gasteiger partial charge in [0.25, 0.3) is 0 Å². The highest BCUT2D eigenvalue weighted by Crippen LogP contribution is 2.27. The van der Waals surface area contributed by atoms with Gasteiger partial charge in [0.15, 0.2) is 0 Å². The van der Waals surface area contributed by atoms with Crippen LogP contribution in [0.15, 0.2) is 12.3 Å². The van der Waals surface area contributed by atoms with E-state index in [1.165, 1.54) is 11.3 Å². The lowest BCUT2D eigenvalue weighted by atomic mass is 10.4. The van der Waals surface area contributed by atoms with Crippen molar-refractivity contribution in [1.29, 1.82) is 0 Å². The fraction of sp³-hybridized carbons (Fsp3) is 0.364. The first kappa shape index (κ1) is 13.7. The zero-order chi connectivity index (χ0) is 14.0. The summed E-state index contributed by atoms with van der Waals surface area (Å²) >= 11 is 1.54. The minimum absolute atomic E-state index is 0.0557. The molecule has 2 rings (SSSR count). The van der Waals surface area contributed by atoms with Crippen molar-refractivity contribution >= 4 is 17.3 Å². The Morgan fingerprint density at radius 2 is 2.00 bits per heavy atom. The van der Waals surface area contributed by atoms with Crippen molar-refractivity contribution in [3.05, 3.63) is 33.5 Å². The predicted molar refractivity (Wildman–Crippen MR) is 65.9 cm³/mol. The second-order valence-electron chi connectivity index (χ2n) is 3.85. The molecule has 8 heteroatoms. The summed E-state index contributed by atoms with van der Waals surface area (Å²) in [4.78, 5) is 12.5. The number of nitrogens with zero attached hydrogens (tertiary/aromatic N) is 3. The molecule has 0 fully saturated rings. The molecular formula is C11H11F3N4S. The van der Waals surface area contributed by atoms with Crippen LogP contribution in [-0.4, -0.2) is 15.0 Å². The van der Waals surface area contributed by atoms with Crippen LogP contribution in [0.4, 0.5) is 19.1 Å². The minimum Gasteiger partial charge on any atom is -0.349 e. The van der Waals surface area contributed by atoms with Gasteiger partial charge in [-0.1, -0.05) is 0 Å². The van der Waals surface area contributed by atoms with Crippen molar-refractivity contribution in [3.63, 3.8) is 0 Å². The fourth-order valence-electron chi connectivity index (χ4n) is 1.50. The third kappa shape index (κ3) is 3.40. The quantitative estimate of drug-likeness (QED) is 0.942. The average molecular weight is 288 g/mol. The molecule has 0 saturated carbocycles. The highest BCUT2D eigenvalue weighted by atomic mass is 32.1. The maximum Gasteiger partial charge on any atom is 0.433 e. The summed E-state index contributed by atoms with van der Waals surface area (Å²) in [6.07, 6.45) is -3.39. The molecule has 0 amide bonds. The van der Waals surface area contributed by atoms with Gasteiger partial charge in [-0.2, -0.15) is 13.2 Å². The molecule has 0 aliphatic rings. The SMILES string of the molecule is Cc1nc(CNc2nccc(C(F)(F)F)n2)c(C)s1. The summed E-state index contributed by atoms with van der Waals surface area (Å²) < 4.78 is 37.4. The zero-order valence-electron chi connectivity index (χ0n) is 10.2. The van der Waals surface area contributed by atoms with Crippen molar-refractivity contribution in [3.8, 4) is 0 Å². The van der Waals surface area contributed by atoms with Crippen LogP contribution in [0.5, 0.6) is 0 Å². The third-order valence-electron chi connectivity index (χ3n) is 2.36. The van der Waals surface area contributed by atoms with E-state index in [9.17, 15) is 13.2 Å². The van der Waals surface area contributed by atoms with Gasteiger partial charge in [-0.05, 0) is 19.9 Å². The number of anilines is 1. The molecular weight excluding hydrogens is 277 g/mol. The van der Waals surface area contributed by atoms with Gasteiger partial charge in [0.2, 0.25) is 5.95 Å². The number of aromatic nitrogens is 3. The summed E-state index contributed by atoms with van der Waals surface area (Å²) in [6, 6.07) is 0.837. The molecule has 0 aliphatic heterocycles. The first-order valence-corrected chi connectivity index (χ1v) is 6.25. The molecule has 2 aromatic heterocycles. The molecule has 1 N–H and O–H groups in total. The molecule has 2 heterocycles. The van der Waals surface area contributed by atoms with E-state index in [1.807, 2.05) is 13.8 Å². The number of halogens is 3. The van der Waals surface area contributed by atoms with Crippen molar-refractivity contribution in [2.24, 2.45) is 0 Å². The van der Waals surface area contributed by atoms with E-state index >= 15 is 0 Å². The van der Waals surface area contributed by atoms with E-state index in [2.05, 4.69) is 20.3 Å². The molecule has 0 aromatic carbocycles. The summed E-state index contributed by atoms with van der Waals surface area (Å²) in [5, 5.41) is 3.67. The summed E-state index contributed by atoms with van der Waals surface area (Å²) in [7, 11) is 0. The summed E-state index contributed by atoms with van der Waals surface area (Å²) in [5.41, 5.74) is -0.167. The number of hydrogen-bond acceptors (Lipinski definition) is 5. The van der Waals surface area contributed by atoms with Crippen molar-refractivity contribution in [2.45, 2.75) is 26.6 Å². The van der Waals surface area contributed by atoms with Crippen LogP contribution in [0.1, 0.15) is 21.3 Å². The van der Waals surface area contributed by atoms with Crippen LogP contribution < -0.4 is 5.32 Å². The Morgan fingerprint density at radius 1 is 1.26 bits per heavy atom. The van der Waals surface area contributed by atoms with Gasteiger partial charge in [-0.3, -0.25) is 0 Å². The van der Waals surface area contributed by atoms with Gasteiger partial charge < -0.3 is 5.32 Å². The molecule has 0 atom stereocenters. The normalized spacial score (nSPS) is 11.6. The lowest BCUT2D eigenvalue weighted by Gasteiger charge is -2.08. The monoisotopic (exact) mass is 288 g/mol. The topological polar surface area (TPSA) is 50.7 Å². The van der Waals surface area contributed by atoms with E-state index in [1.54, 1.807) is 0 Å². The van der Waals surface area contributed by atoms with Crippen molar-refractivity contribution < 1.29 is 13.2 Å². The second-order valence-corrected chi connectivity index (χ2v) is 5.26. The van der Waals surface area contributed by atoms with E-state index in [0.29, 0.717) is 6.54 Å². The first-order valence-electron chi connectivity index (χ1n) is 5.43. The van der Waals surface area contributed by atoms with Crippen molar-refractivity contribution in [1.82, 2.24) is 15.0 Å². The number of hydrogen-bond donors (Lipinski definition) is 1. The molecule has 0 aliphatic carbocycles. The predicted octanol–water partition coefficient (Wildman–Crippen LogP) is 3.18. The standard InChI is InChI=1S/C11H11F3N4S/c1-6-8(17-7(2)19-6)5-16-10-15-4-3-9(18-10)11(12,13)14/h3-4H,5H2,1-2H3,(H,15,16,18). The zero-order valence-corrected chi connectivity index (χ0v) is 11.1. The average Bonchev–Trinajstić information content (AvgIpc) is 2.64. The molecule has 19 heavy (non-hydrogen) atoms. The number of aryl methyl sites for hydroxylation is 2. The van der Waals surface area contributed by atoms with Gasteiger partial charge in [0.1, 0.15) is 5.69 Å². The summed E-state index contributed by atoms with van der Waals surface area (Å²) in [6.45, 7) is 4.09.